The van der Waals surface area contributed by atoms with E-state index in [-0.39, 0.29) is 11.8 Å². The van der Waals surface area contributed by atoms with Gasteiger partial charge in [-0.1, -0.05) is 43.7 Å². The highest BCUT2D eigenvalue weighted by molar-refractivity contribution is 6.05. The number of fused-ring (bicyclic) bond motifs is 3. The largest absolute Gasteiger partial charge is 0.344 e. The van der Waals surface area contributed by atoms with Gasteiger partial charge in [0.2, 0.25) is 11.8 Å². The number of hydrogen-bond acceptors (Lipinski definition) is 2. The third-order valence-electron chi connectivity index (χ3n) is 4.39. The molecule has 3 rings (SSSR count). The van der Waals surface area contributed by atoms with Crippen LogP contribution in [0.25, 0.3) is 10.8 Å². The molecule has 23 heavy (non-hydrogen) atoms. The Labute approximate surface area is 136 Å². The van der Waals surface area contributed by atoms with Crippen LogP contribution >= 0.6 is 0 Å². The van der Waals surface area contributed by atoms with Crippen molar-refractivity contribution < 1.29 is 9.59 Å². The van der Waals surface area contributed by atoms with Crippen LogP contribution in [0.1, 0.15) is 32.3 Å². The standard InChI is InChI=1S/C19H22N2O2/c1-3-4-11-21-18-10-9-14-7-5-6-8-15(14)16(18)12-17(19(21)23)20-13(2)22/h5-10,17H,3-4,11-12H2,1-2H3,(H,20,22). The predicted octanol–water partition coefficient (Wildman–Crippen LogP) is 3.03. The van der Waals surface area contributed by atoms with Crippen molar-refractivity contribution in [1.29, 1.82) is 0 Å². The third kappa shape index (κ3) is 2.93. The number of anilines is 1. The molecule has 1 heterocycles. The molecule has 2 aromatic carbocycles. The van der Waals surface area contributed by atoms with Crippen LogP contribution in [0.2, 0.25) is 0 Å². The fourth-order valence-electron chi connectivity index (χ4n) is 3.30. The van der Waals surface area contributed by atoms with Crippen LogP contribution < -0.4 is 10.2 Å². The Morgan fingerprint density at radius 1 is 1.26 bits per heavy atom. The molecule has 0 aromatic heterocycles. The first-order valence-corrected chi connectivity index (χ1v) is 8.21. The molecule has 120 valence electrons. The van der Waals surface area contributed by atoms with E-state index in [9.17, 15) is 9.59 Å². The van der Waals surface area contributed by atoms with E-state index in [1.54, 1.807) is 0 Å². The fourth-order valence-corrected chi connectivity index (χ4v) is 3.30. The predicted molar refractivity (Wildman–Crippen MR) is 92.5 cm³/mol. The topological polar surface area (TPSA) is 49.4 Å². The molecule has 2 amide bonds. The van der Waals surface area contributed by atoms with Crippen molar-refractivity contribution in [3.8, 4) is 0 Å². The lowest BCUT2D eigenvalue weighted by Gasteiger charge is -2.35. The molecular formula is C19H22N2O2. The molecule has 4 heteroatoms. The summed E-state index contributed by atoms with van der Waals surface area (Å²) in [5.74, 6) is -0.168. The molecule has 0 bridgehead atoms. The summed E-state index contributed by atoms with van der Waals surface area (Å²) in [4.78, 5) is 26.1. The van der Waals surface area contributed by atoms with Gasteiger partial charge in [0.05, 0.1) is 0 Å². The minimum atomic E-state index is -0.470. The molecule has 1 unspecified atom stereocenters. The van der Waals surface area contributed by atoms with E-state index in [1.807, 2.05) is 23.1 Å². The van der Waals surface area contributed by atoms with Crippen LogP contribution in [-0.4, -0.2) is 24.4 Å². The summed E-state index contributed by atoms with van der Waals surface area (Å²) in [6.07, 6.45) is 2.53. The van der Waals surface area contributed by atoms with Crippen LogP contribution in [0, 0.1) is 0 Å². The number of carbonyl (C=O) groups is 2. The SMILES string of the molecule is CCCCN1C(=O)C(NC(C)=O)Cc2c1ccc1ccccc21. The van der Waals surface area contributed by atoms with Crippen molar-refractivity contribution in [2.24, 2.45) is 0 Å². The van der Waals surface area contributed by atoms with E-state index < -0.39 is 6.04 Å². The smallest absolute Gasteiger partial charge is 0.249 e. The van der Waals surface area contributed by atoms with Crippen LogP contribution in [0.5, 0.6) is 0 Å². The van der Waals surface area contributed by atoms with E-state index in [1.165, 1.54) is 6.92 Å². The molecule has 0 radical (unpaired) electrons. The third-order valence-corrected chi connectivity index (χ3v) is 4.39. The van der Waals surface area contributed by atoms with Gasteiger partial charge in [-0.15, -0.1) is 0 Å². The zero-order valence-corrected chi connectivity index (χ0v) is 13.6. The molecule has 1 aliphatic heterocycles. The summed E-state index contributed by atoms with van der Waals surface area (Å²) in [5.41, 5.74) is 2.14. The maximum atomic E-state index is 12.8. The lowest BCUT2D eigenvalue weighted by Crippen LogP contribution is -2.52. The average molecular weight is 310 g/mol. The molecule has 0 saturated heterocycles. The van der Waals surface area contributed by atoms with Crippen LogP contribution in [-0.2, 0) is 16.0 Å². The minimum absolute atomic E-state index is 0.00330. The normalized spacial score (nSPS) is 17.2. The highest BCUT2D eigenvalue weighted by Gasteiger charge is 2.33. The van der Waals surface area contributed by atoms with Crippen molar-refractivity contribution in [3.05, 3.63) is 42.0 Å². The molecule has 1 N–H and O–H groups in total. The maximum Gasteiger partial charge on any atom is 0.249 e. The molecule has 0 saturated carbocycles. The Kier molecular flexibility index (Phi) is 4.33. The average Bonchev–Trinajstić information content (AvgIpc) is 2.54. The van der Waals surface area contributed by atoms with Gasteiger partial charge in [0.15, 0.2) is 0 Å². The Bertz CT molecular complexity index is 754. The fraction of sp³-hybridized carbons (Fsp3) is 0.368. The van der Waals surface area contributed by atoms with Gasteiger partial charge in [0.1, 0.15) is 6.04 Å². The molecule has 4 nitrogen and oxygen atoms in total. The monoisotopic (exact) mass is 310 g/mol. The summed E-state index contributed by atoms with van der Waals surface area (Å²) >= 11 is 0. The molecule has 0 spiro atoms. The van der Waals surface area contributed by atoms with Gasteiger partial charge in [-0.2, -0.15) is 0 Å². The number of hydrogen-bond donors (Lipinski definition) is 1. The highest BCUT2D eigenvalue weighted by Crippen LogP contribution is 2.34. The highest BCUT2D eigenvalue weighted by atomic mass is 16.2. The lowest BCUT2D eigenvalue weighted by molar-refractivity contribution is -0.126. The van der Waals surface area contributed by atoms with Gasteiger partial charge < -0.3 is 10.2 Å². The molecule has 0 aliphatic carbocycles. The van der Waals surface area contributed by atoms with E-state index in [4.69, 9.17) is 0 Å². The number of amides is 2. The van der Waals surface area contributed by atoms with Gasteiger partial charge in [-0.25, -0.2) is 0 Å². The molecule has 2 aromatic rings. The molecule has 0 fully saturated rings. The zero-order valence-electron chi connectivity index (χ0n) is 13.6. The van der Waals surface area contributed by atoms with E-state index >= 15 is 0 Å². The maximum absolute atomic E-state index is 12.8. The number of nitrogens with one attached hydrogen (secondary N) is 1. The van der Waals surface area contributed by atoms with Crippen LogP contribution in [0.4, 0.5) is 5.69 Å². The Balaban J connectivity index is 2.09. The first-order valence-electron chi connectivity index (χ1n) is 8.21. The van der Waals surface area contributed by atoms with Crippen LogP contribution in [0.3, 0.4) is 0 Å². The van der Waals surface area contributed by atoms with Crippen molar-refractivity contribution in [2.45, 2.75) is 39.2 Å². The summed E-state index contributed by atoms with van der Waals surface area (Å²) < 4.78 is 0. The summed E-state index contributed by atoms with van der Waals surface area (Å²) in [6, 6.07) is 11.8. The Morgan fingerprint density at radius 2 is 2.04 bits per heavy atom. The lowest BCUT2D eigenvalue weighted by atomic mass is 9.91. The number of unbranched alkanes of at least 4 members (excludes halogenated alkanes) is 1. The van der Waals surface area contributed by atoms with Gasteiger partial charge in [0.25, 0.3) is 0 Å². The Hall–Kier alpha value is -2.36. The first kappa shape index (κ1) is 15.5. The van der Waals surface area contributed by atoms with E-state index in [2.05, 4.69) is 30.4 Å². The second-order valence-electron chi connectivity index (χ2n) is 6.09. The number of benzene rings is 2. The second-order valence-corrected chi connectivity index (χ2v) is 6.09. The molecule has 1 atom stereocenters. The van der Waals surface area contributed by atoms with E-state index in [0.29, 0.717) is 13.0 Å². The quantitative estimate of drug-likeness (QED) is 0.943. The molecular weight excluding hydrogens is 288 g/mol. The Morgan fingerprint density at radius 3 is 2.78 bits per heavy atom. The van der Waals surface area contributed by atoms with E-state index in [0.717, 1.165) is 34.9 Å². The minimum Gasteiger partial charge on any atom is -0.344 e. The van der Waals surface area contributed by atoms with Gasteiger partial charge in [0, 0.05) is 25.6 Å². The zero-order chi connectivity index (χ0) is 16.4. The van der Waals surface area contributed by atoms with Crippen LogP contribution in [0.15, 0.2) is 36.4 Å². The second kappa shape index (κ2) is 6.41. The van der Waals surface area contributed by atoms with Crippen molar-refractivity contribution in [2.75, 3.05) is 11.4 Å². The summed E-state index contributed by atoms with van der Waals surface area (Å²) in [5, 5.41) is 5.14. The van der Waals surface area contributed by atoms with Crippen molar-refractivity contribution in [3.63, 3.8) is 0 Å². The number of carbonyl (C=O) groups excluding carboxylic acids is 2. The van der Waals surface area contributed by atoms with Gasteiger partial charge in [-0.05, 0) is 28.8 Å². The number of rotatable bonds is 4. The van der Waals surface area contributed by atoms with Gasteiger partial charge >= 0.3 is 0 Å². The van der Waals surface area contributed by atoms with Crippen molar-refractivity contribution in [1.82, 2.24) is 5.32 Å². The number of nitrogens with zero attached hydrogens (tertiary/aromatic N) is 1. The first-order chi connectivity index (χ1) is 11.1. The summed E-state index contributed by atoms with van der Waals surface area (Å²) in [7, 11) is 0. The van der Waals surface area contributed by atoms with Crippen molar-refractivity contribution >= 4 is 28.3 Å². The summed E-state index contributed by atoms with van der Waals surface area (Å²) in [6.45, 7) is 4.26. The van der Waals surface area contributed by atoms with Gasteiger partial charge in [-0.3, -0.25) is 9.59 Å². The molecule has 1 aliphatic rings.